The van der Waals surface area contributed by atoms with Crippen LogP contribution in [0.5, 0.6) is 0 Å². The molecule has 7 nitrogen and oxygen atoms in total. The lowest BCUT2D eigenvalue weighted by Gasteiger charge is -2.07. The molecule has 0 unspecified atom stereocenters. The second-order valence-corrected chi connectivity index (χ2v) is 6.37. The van der Waals surface area contributed by atoms with Crippen molar-refractivity contribution in [3.05, 3.63) is 88.0 Å². The molecule has 4 aromatic rings. The zero-order valence-corrected chi connectivity index (χ0v) is 15.4. The molecule has 28 heavy (non-hydrogen) atoms. The van der Waals surface area contributed by atoms with Crippen molar-refractivity contribution in [3.8, 4) is 17.1 Å². The lowest BCUT2D eigenvalue weighted by molar-refractivity contribution is 0.103. The number of benzene rings is 1. The number of nitrogens with two attached hydrogens (primary N) is 1. The number of aromatic nitrogens is 3. The van der Waals surface area contributed by atoms with E-state index < -0.39 is 11.3 Å². The number of furan rings is 1. The first kappa shape index (κ1) is 17.5. The quantitative estimate of drug-likeness (QED) is 0.554. The van der Waals surface area contributed by atoms with Crippen LogP contribution >= 0.6 is 0 Å². The fourth-order valence-electron chi connectivity index (χ4n) is 3.19. The van der Waals surface area contributed by atoms with Gasteiger partial charge in [-0.15, -0.1) is 0 Å². The van der Waals surface area contributed by atoms with Crippen LogP contribution in [0.25, 0.3) is 17.1 Å². The van der Waals surface area contributed by atoms with Gasteiger partial charge in [0.15, 0.2) is 5.76 Å². The Hall–Kier alpha value is -3.87. The van der Waals surface area contributed by atoms with Gasteiger partial charge in [0.25, 0.3) is 5.56 Å². The molecule has 0 aliphatic rings. The lowest BCUT2D eigenvalue weighted by atomic mass is 10.0. The monoisotopic (exact) mass is 374 g/mol. The standard InChI is InChI=1S/C21H18N4O3/c1-13-18(21(27)25(24(13)2)14-7-4-3-5-8-14)19(26)15-10-11-16(23-20(15)22)17-9-6-12-28-17/h3-12H,1-2H3,(H2,22,23). The molecular weight excluding hydrogens is 356 g/mol. The van der Waals surface area contributed by atoms with Crippen LogP contribution < -0.4 is 11.3 Å². The molecular formula is C21H18N4O3. The minimum absolute atomic E-state index is 0.0489. The van der Waals surface area contributed by atoms with Crippen molar-refractivity contribution in [2.24, 2.45) is 7.05 Å². The first-order valence-corrected chi connectivity index (χ1v) is 8.68. The highest BCUT2D eigenvalue weighted by Crippen LogP contribution is 2.23. The van der Waals surface area contributed by atoms with E-state index in [-0.39, 0.29) is 16.9 Å². The molecule has 0 radical (unpaired) electrons. The van der Waals surface area contributed by atoms with Crippen molar-refractivity contribution in [1.82, 2.24) is 14.3 Å². The molecule has 3 aromatic heterocycles. The number of ketones is 1. The van der Waals surface area contributed by atoms with Gasteiger partial charge in [-0.05, 0) is 43.3 Å². The maximum Gasteiger partial charge on any atom is 0.282 e. The van der Waals surface area contributed by atoms with Gasteiger partial charge in [-0.1, -0.05) is 18.2 Å². The predicted molar refractivity (Wildman–Crippen MR) is 106 cm³/mol. The lowest BCUT2D eigenvalue weighted by Crippen LogP contribution is -2.23. The number of para-hydroxylation sites is 1. The highest BCUT2D eigenvalue weighted by atomic mass is 16.3. The zero-order valence-electron chi connectivity index (χ0n) is 15.4. The summed E-state index contributed by atoms with van der Waals surface area (Å²) in [5.74, 6) is 0.143. The third-order valence-electron chi connectivity index (χ3n) is 4.72. The Kier molecular flexibility index (Phi) is 4.19. The van der Waals surface area contributed by atoms with Gasteiger partial charge in [0.05, 0.1) is 17.5 Å². The number of carbonyl (C=O) groups excluding carboxylic acids is 1. The first-order chi connectivity index (χ1) is 13.5. The molecule has 0 fully saturated rings. The van der Waals surface area contributed by atoms with Gasteiger partial charge < -0.3 is 10.2 Å². The Morgan fingerprint density at radius 3 is 2.46 bits per heavy atom. The van der Waals surface area contributed by atoms with E-state index >= 15 is 0 Å². The summed E-state index contributed by atoms with van der Waals surface area (Å²) in [6.45, 7) is 1.73. The summed E-state index contributed by atoms with van der Waals surface area (Å²) in [6, 6.07) is 15.9. The predicted octanol–water partition coefficient (Wildman–Crippen LogP) is 2.95. The molecule has 0 aliphatic carbocycles. The minimum Gasteiger partial charge on any atom is -0.463 e. The number of pyridine rings is 1. The van der Waals surface area contributed by atoms with E-state index in [9.17, 15) is 9.59 Å². The van der Waals surface area contributed by atoms with Crippen LogP contribution in [0.2, 0.25) is 0 Å². The van der Waals surface area contributed by atoms with Gasteiger partial charge in [-0.25, -0.2) is 9.67 Å². The number of nitrogens with zero attached hydrogens (tertiary/aromatic N) is 3. The van der Waals surface area contributed by atoms with Gasteiger partial charge in [-0.2, -0.15) is 0 Å². The molecule has 0 bridgehead atoms. The Morgan fingerprint density at radius 2 is 1.82 bits per heavy atom. The second-order valence-electron chi connectivity index (χ2n) is 6.37. The molecule has 0 amide bonds. The molecule has 0 aliphatic heterocycles. The van der Waals surface area contributed by atoms with Crippen molar-refractivity contribution >= 4 is 11.6 Å². The molecule has 3 heterocycles. The summed E-state index contributed by atoms with van der Waals surface area (Å²) < 4.78 is 8.43. The van der Waals surface area contributed by atoms with E-state index in [4.69, 9.17) is 10.2 Å². The van der Waals surface area contributed by atoms with Crippen LogP contribution in [0.4, 0.5) is 5.82 Å². The molecule has 2 N–H and O–H groups in total. The Balaban J connectivity index is 1.80. The van der Waals surface area contributed by atoms with E-state index in [1.807, 2.05) is 30.3 Å². The molecule has 0 saturated carbocycles. The summed E-state index contributed by atoms with van der Waals surface area (Å²) in [6.07, 6.45) is 1.53. The maximum atomic E-state index is 13.1. The number of anilines is 1. The van der Waals surface area contributed by atoms with Crippen molar-refractivity contribution in [3.63, 3.8) is 0 Å². The second kappa shape index (κ2) is 6.70. The van der Waals surface area contributed by atoms with Crippen LogP contribution in [0, 0.1) is 6.92 Å². The van der Waals surface area contributed by atoms with E-state index in [2.05, 4.69) is 4.98 Å². The fourth-order valence-corrected chi connectivity index (χ4v) is 3.19. The summed E-state index contributed by atoms with van der Waals surface area (Å²) in [4.78, 5) is 30.4. The van der Waals surface area contributed by atoms with E-state index in [1.165, 1.54) is 10.9 Å². The summed E-state index contributed by atoms with van der Waals surface area (Å²) in [7, 11) is 1.74. The summed E-state index contributed by atoms with van der Waals surface area (Å²) in [5, 5.41) is 0. The van der Waals surface area contributed by atoms with Crippen molar-refractivity contribution in [2.75, 3.05) is 5.73 Å². The third-order valence-corrected chi connectivity index (χ3v) is 4.72. The number of hydrogen-bond donors (Lipinski definition) is 1. The van der Waals surface area contributed by atoms with Crippen LogP contribution in [-0.2, 0) is 7.05 Å². The van der Waals surface area contributed by atoms with Crippen molar-refractivity contribution < 1.29 is 9.21 Å². The Labute approximate surface area is 160 Å². The molecule has 7 heteroatoms. The first-order valence-electron chi connectivity index (χ1n) is 8.68. The molecule has 4 rings (SSSR count). The highest BCUT2D eigenvalue weighted by molar-refractivity contribution is 6.12. The number of nitrogen functional groups attached to an aromatic ring is 1. The molecule has 0 atom stereocenters. The van der Waals surface area contributed by atoms with E-state index in [0.717, 1.165) is 0 Å². The molecule has 140 valence electrons. The number of hydrogen-bond acceptors (Lipinski definition) is 5. The van der Waals surface area contributed by atoms with Gasteiger partial charge in [0.1, 0.15) is 17.1 Å². The summed E-state index contributed by atoms with van der Waals surface area (Å²) >= 11 is 0. The van der Waals surface area contributed by atoms with E-state index in [1.54, 1.807) is 42.9 Å². The average molecular weight is 374 g/mol. The Bertz CT molecular complexity index is 1220. The Morgan fingerprint density at radius 1 is 1.07 bits per heavy atom. The number of carbonyl (C=O) groups is 1. The van der Waals surface area contributed by atoms with Crippen LogP contribution in [-0.4, -0.2) is 20.1 Å². The molecule has 1 aromatic carbocycles. The smallest absolute Gasteiger partial charge is 0.282 e. The van der Waals surface area contributed by atoms with Crippen LogP contribution in [0.1, 0.15) is 21.6 Å². The van der Waals surface area contributed by atoms with Crippen LogP contribution in [0.15, 0.2) is 70.1 Å². The third kappa shape index (κ3) is 2.73. The maximum absolute atomic E-state index is 13.1. The van der Waals surface area contributed by atoms with E-state index in [0.29, 0.717) is 22.8 Å². The highest BCUT2D eigenvalue weighted by Gasteiger charge is 2.25. The SMILES string of the molecule is Cc1c(C(=O)c2ccc(-c3ccco3)nc2N)c(=O)n(-c2ccccc2)n1C. The zero-order chi connectivity index (χ0) is 19.8. The topological polar surface area (TPSA) is 96.1 Å². The van der Waals surface area contributed by atoms with Gasteiger partial charge in [0.2, 0.25) is 5.78 Å². The summed E-state index contributed by atoms with van der Waals surface area (Å²) in [5.41, 5.74) is 7.64. The molecule has 0 spiro atoms. The van der Waals surface area contributed by atoms with Crippen molar-refractivity contribution in [2.45, 2.75) is 6.92 Å². The van der Waals surface area contributed by atoms with Crippen molar-refractivity contribution in [1.29, 1.82) is 0 Å². The van der Waals surface area contributed by atoms with Gasteiger partial charge >= 0.3 is 0 Å². The number of rotatable bonds is 4. The van der Waals surface area contributed by atoms with Crippen LogP contribution in [0.3, 0.4) is 0 Å². The molecule has 0 saturated heterocycles. The van der Waals surface area contributed by atoms with Gasteiger partial charge in [0, 0.05) is 12.7 Å². The normalized spacial score (nSPS) is 10.9. The fraction of sp³-hybridized carbons (Fsp3) is 0.0952. The van der Waals surface area contributed by atoms with Gasteiger partial charge in [-0.3, -0.25) is 14.3 Å². The average Bonchev–Trinajstić information content (AvgIpc) is 3.30. The largest absolute Gasteiger partial charge is 0.463 e. The minimum atomic E-state index is -0.455.